The van der Waals surface area contributed by atoms with E-state index in [1.807, 2.05) is 49.4 Å². The molecule has 0 saturated heterocycles. The van der Waals surface area contributed by atoms with Gasteiger partial charge in [0, 0.05) is 29.2 Å². The topological polar surface area (TPSA) is 94.3 Å². The molecule has 1 N–H and O–H groups in total. The monoisotopic (exact) mass is 497 g/mol. The third kappa shape index (κ3) is 4.84. The van der Waals surface area contributed by atoms with Crippen LogP contribution in [0.4, 0.5) is 4.39 Å². The summed E-state index contributed by atoms with van der Waals surface area (Å²) in [5.41, 5.74) is 5.13. The Morgan fingerprint density at radius 1 is 0.946 bits per heavy atom. The van der Waals surface area contributed by atoms with Crippen LogP contribution >= 0.6 is 0 Å². The van der Waals surface area contributed by atoms with Crippen molar-refractivity contribution in [3.8, 4) is 28.3 Å². The number of nitrogens with one attached hydrogen (secondary N) is 1. The molecule has 0 amide bonds. The fraction of sp³-hybridized carbons (Fsp3) is 0.250. The number of halogens is 1. The minimum Gasteiger partial charge on any atom is -0.292 e. The van der Waals surface area contributed by atoms with Crippen molar-refractivity contribution in [1.82, 2.24) is 34.7 Å². The first kappa shape index (κ1) is 24.3. The number of aromatic nitrogens is 7. The largest absolute Gasteiger partial charge is 0.333 e. The van der Waals surface area contributed by atoms with Crippen molar-refractivity contribution in [1.29, 1.82) is 0 Å². The van der Waals surface area contributed by atoms with Gasteiger partial charge >= 0.3 is 5.69 Å². The fourth-order valence-corrected chi connectivity index (χ4v) is 4.65. The van der Waals surface area contributed by atoms with Crippen LogP contribution in [0.5, 0.6) is 0 Å². The number of rotatable bonds is 9. The minimum absolute atomic E-state index is 0.252. The molecule has 37 heavy (non-hydrogen) atoms. The molecule has 3 heterocycles. The van der Waals surface area contributed by atoms with Crippen LogP contribution in [0.3, 0.4) is 0 Å². The van der Waals surface area contributed by atoms with Gasteiger partial charge in [-0.05, 0) is 41.3 Å². The number of pyridine rings is 1. The molecule has 0 atom stereocenters. The predicted molar refractivity (Wildman–Crippen MR) is 140 cm³/mol. The van der Waals surface area contributed by atoms with Gasteiger partial charge in [0.1, 0.15) is 5.82 Å². The van der Waals surface area contributed by atoms with Crippen molar-refractivity contribution < 1.29 is 4.39 Å². The number of aromatic amines is 1. The highest BCUT2D eigenvalue weighted by Crippen LogP contribution is 2.28. The maximum atomic E-state index is 14.9. The van der Waals surface area contributed by atoms with Crippen molar-refractivity contribution in [2.24, 2.45) is 0 Å². The number of tetrazole rings is 1. The molecule has 0 bridgehead atoms. The number of nitrogens with zero attached hydrogens (tertiary/aromatic N) is 6. The van der Waals surface area contributed by atoms with Crippen LogP contribution in [-0.2, 0) is 19.4 Å². The highest BCUT2D eigenvalue weighted by Gasteiger charge is 2.18. The van der Waals surface area contributed by atoms with E-state index in [0.29, 0.717) is 30.9 Å². The first-order chi connectivity index (χ1) is 18.1. The number of imidazole rings is 1. The van der Waals surface area contributed by atoms with Crippen LogP contribution in [0.2, 0.25) is 0 Å². The van der Waals surface area contributed by atoms with Gasteiger partial charge in [-0.15, -0.1) is 10.2 Å². The van der Waals surface area contributed by atoms with Gasteiger partial charge in [-0.1, -0.05) is 69.2 Å². The van der Waals surface area contributed by atoms with Gasteiger partial charge in [0.05, 0.1) is 17.9 Å². The highest BCUT2D eigenvalue weighted by atomic mass is 19.1. The molecule has 5 rings (SSSR count). The molecular formula is C28H28FN7O. The molecular weight excluding hydrogens is 469 g/mol. The molecule has 0 aliphatic rings. The van der Waals surface area contributed by atoms with Crippen LogP contribution in [0.1, 0.15) is 43.5 Å². The van der Waals surface area contributed by atoms with Crippen molar-refractivity contribution in [3.63, 3.8) is 0 Å². The lowest BCUT2D eigenvalue weighted by Crippen LogP contribution is -2.26. The number of benzene rings is 2. The zero-order chi connectivity index (χ0) is 25.8. The van der Waals surface area contributed by atoms with E-state index in [4.69, 9.17) is 0 Å². The van der Waals surface area contributed by atoms with E-state index in [2.05, 4.69) is 32.5 Å². The Morgan fingerprint density at radius 2 is 1.76 bits per heavy atom. The molecule has 0 spiro atoms. The van der Waals surface area contributed by atoms with Gasteiger partial charge in [-0.3, -0.25) is 14.1 Å². The molecule has 0 aliphatic carbocycles. The molecule has 3 aromatic heterocycles. The summed E-state index contributed by atoms with van der Waals surface area (Å²) < 4.78 is 18.1. The maximum Gasteiger partial charge on any atom is 0.333 e. The van der Waals surface area contributed by atoms with Gasteiger partial charge in [0.25, 0.3) is 0 Å². The second-order valence-electron chi connectivity index (χ2n) is 8.94. The van der Waals surface area contributed by atoms with Gasteiger partial charge in [0.15, 0.2) is 0 Å². The Hall–Kier alpha value is -4.40. The van der Waals surface area contributed by atoms with E-state index < -0.39 is 0 Å². The van der Waals surface area contributed by atoms with Gasteiger partial charge < -0.3 is 0 Å². The normalized spacial score (nSPS) is 11.2. The first-order valence-corrected chi connectivity index (χ1v) is 12.5. The van der Waals surface area contributed by atoms with Gasteiger partial charge in [0.2, 0.25) is 5.82 Å². The molecule has 2 aromatic carbocycles. The van der Waals surface area contributed by atoms with Crippen LogP contribution < -0.4 is 5.69 Å². The van der Waals surface area contributed by atoms with Crippen molar-refractivity contribution in [3.05, 3.63) is 100 Å². The molecule has 0 radical (unpaired) electrons. The molecule has 5 aromatic rings. The zero-order valence-electron chi connectivity index (χ0n) is 20.9. The number of para-hydroxylation sites is 1. The zero-order valence-corrected chi connectivity index (χ0v) is 20.9. The average molecular weight is 498 g/mol. The van der Waals surface area contributed by atoms with Gasteiger partial charge in [-0.2, -0.15) is 5.21 Å². The van der Waals surface area contributed by atoms with Crippen LogP contribution in [0.15, 0.2) is 71.8 Å². The summed E-state index contributed by atoms with van der Waals surface area (Å²) >= 11 is 0. The van der Waals surface area contributed by atoms with Crippen molar-refractivity contribution >= 4 is 0 Å². The van der Waals surface area contributed by atoms with E-state index in [0.717, 1.165) is 46.5 Å². The maximum absolute atomic E-state index is 14.9. The second-order valence-corrected chi connectivity index (χ2v) is 8.94. The van der Waals surface area contributed by atoms with E-state index in [1.54, 1.807) is 23.0 Å². The van der Waals surface area contributed by atoms with Crippen molar-refractivity contribution in [2.45, 2.75) is 46.1 Å². The number of hydrogen-bond donors (Lipinski definition) is 1. The number of aryl methyl sites for hydroxylation is 2. The van der Waals surface area contributed by atoms with Crippen molar-refractivity contribution in [2.75, 3.05) is 0 Å². The molecule has 0 aliphatic heterocycles. The smallest absolute Gasteiger partial charge is 0.292 e. The summed E-state index contributed by atoms with van der Waals surface area (Å²) in [5.74, 6) is 0.105. The summed E-state index contributed by atoms with van der Waals surface area (Å²) in [6.07, 6.45) is 6.70. The minimum atomic E-state index is -0.389. The van der Waals surface area contributed by atoms with E-state index in [-0.39, 0.29) is 11.5 Å². The van der Waals surface area contributed by atoms with Crippen LogP contribution in [-0.4, -0.2) is 34.7 Å². The summed E-state index contributed by atoms with van der Waals surface area (Å²) in [6, 6.07) is 16.6. The lowest BCUT2D eigenvalue weighted by atomic mass is 10.0. The molecule has 9 heteroatoms. The Balaban J connectivity index is 1.49. The molecule has 0 unspecified atom stereocenters. The van der Waals surface area contributed by atoms with Crippen LogP contribution in [0.25, 0.3) is 28.3 Å². The molecule has 0 fully saturated rings. The SMILES string of the molecule is CCCc1cccc(F)c1-n1cc(CCC)n(Cc2ccc(-c3ccccc3-c3nn[nH]n3)nc2)c1=O. The standard InChI is InChI=1S/C28H28FN7O/c1-3-8-20-10-7-13-24(29)26(20)36-18-21(9-4-2)35(28(36)37)17-19-14-15-25(30-16-19)22-11-5-6-12-23(22)27-31-33-34-32-27/h5-7,10-16,18H,3-4,8-9,17H2,1-2H3,(H,31,32,33,34). The Kier molecular flexibility index (Phi) is 7.02. The lowest BCUT2D eigenvalue weighted by molar-refractivity contribution is 0.609. The third-order valence-electron chi connectivity index (χ3n) is 6.35. The third-order valence-corrected chi connectivity index (χ3v) is 6.35. The second kappa shape index (κ2) is 10.7. The first-order valence-electron chi connectivity index (χ1n) is 12.5. The van der Waals surface area contributed by atoms with E-state index in [9.17, 15) is 9.18 Å². The predicted octanol–water partition coefficient (Wildman–Crippen LogP) is 4.97. The Morgan fingerprint density at radius 3 is 2.46 bits per heavy atom. The summed E-state index contributed by atoms with van der Waals surface area (Å²) in [7, 11) is 0. The number of H-pyrrole nitrogens is 1. The highest BCUT2D eigenvalue weighted by molar-refractivity contribution is 5.78. The van der Waals surface area contributed by atoms with Crippen LogP contribution in [0, 0.1) is 5.82 Å². The molecule has 8 nitrogen and oxygen atoms in total. The quantitative estimate of drug-likeness (QED) is 0.310. The average Bonchev–Trinajstić information content (AvgIpc) is 3.55. The van der Waals surface area contributed by atoms with E-state index in [1.165, 1.54) is 10.6 Å². The Labute approximate surface area is 213 Å². The van der Waals surface area contributed by atoms with E-state index >= 15 is 0 Å². The summed E-state index contributed by atoms with van der Waals surface area (Å²) in [6.45, 7) is 4.45. The molecule has 188 valence electrons. The lowest BCUT2D eigenvalue weighted by Gasteiger charge is -2.10. The van der Waals surface area contributed by atoms with Gasteiger partial charge in [-0.25, -0.2) is 9.18 Å². The molecule has 0 saturated carbocycles. The fourth-order valence-electron chi connectivity index (χ4n) is 4.65. The summed E-state index contributed by atoms with van der Waals surface area (Å²) in [4.78, 5) is 18.2. The summed E-state index contributed by atoms with van der Waals surface area (Å²) in [5, 5.41) is 14.3. The number of hydrogen-bond acceptors (Lipinski definition) is 5. The Bertz CT molecular complexity index is 1550.